The number of carbonyl (C=O) groups excluding carboxylic acids is 5. The van der Waals surface area contributed by atoms with Gasteiger partial charge in [0.05, 0.1) is 11.6 Å². The zero-order valence-corrected chi connectivity index (χ0v) is 32.7. The number of hydrazine groups is 1. The number of halogens is 1. The smallest absolute Gasteiger partial charge is 0.251 e. The van der Waals surface area contributed by atoms with Crippen LogP contribution in [0.4, 0.5) is 22.7 Å². The first-order chi connectivity index (χ1) is 27.6. The van der Waals surface area contributed by atoms with Gasteiger partial charge in [-0.25, -0.2) is 5.43 Å². The highest BCUT2D eigenvalue weighted by Crippen LogP contribution is 2.39. The summed E-state index contributed by atoms with van der Waals surface area (Å²) in [7, 11) is 3.45. The van der Waals surface area contributed by atoms with Crippen LogP contribution in [0.1, 0.15) is 64.7 Å². The number of anilines is 4. The molecule has 2 unspecified atom stereocenters. The Morgan fingerprint density at radius 3 is 2.40 bits per heavy atom. The minimum Gasteiger partial charge on any atom is -0.369 e. The number of piperidine rings is 1. The molecule has 4 heterocycles. The fourth-order valence-corrected chi connectivity index (χ4v) is 8.67. The van der Waals surface area contributed by atoms with Crippen LogP contribution in [0, 0.1) is 0 Å². The van der Waals surface area contributed by atoms with Gasteiger partial charge in [-0.3, -0.25) is 34.2 Å². The second kappa shape index (κ2) is 16.0. The third-order valence-corrected chi connectivity index (χ3v) is 11.7. The highest BCUT2D eigenvalue weighted by atomic mass is 35.5. The lowest BCUT2D eigenvalue weighted by molar-refractivity contribution is -0.134. The summed E-state index contributed by atoms with van der Waals surface area (Å²) in [6.45, 7) is 4.49. The van der Waals surface area contributed by atoms with Gasteiger partial charge in [-0.05, 0) is 89.7 Å². The van der Waals surface area contributed by atoms with Gasteiger partial charge in [0.15, 0.2) is 0 Å². The summed E-state index contributed by atoms with van der Waals surface area (Å²) in [5.41, 5.74) is 11.7. The van der Waals surface area contributed by atoms with Crippen LogP contribution in [0.3, 0.4) is 0 Å². The summed E-state index contributed by atoms with van der Waals surface area (Å²) in [6.07, 6.45) is 2.12. The van der Waals surface area contributed by atoms with Gasteiger partial charge < -0.3 is 25.4 Å². The van der Waals surface area contributed by atoms with E-state index in [9.17, 15) is 24.0 Å². The Morgan fingerprint density at radius 2 is 1.67 bits per heavy atom. The van der Waals surface area contributed by atoms with E-state index in [1.165, 1.54) is 0 Å². The van der Waals surface area contributed by atoms with Crippen LogP contribution in [-0.2, 0) is 25.7 Å². The molecule has 0 aromatic heterocycles. The molecular weight excluding hydrogens is 744 g/mol. The maximum atomic E-state index is 13.8. The Balaban J connectivity index is 1.02. The molecule has 14 heteroatoms. The Morgan fingerprint density at radius 1 is 0.860 bits per heavy atom. The Hall–Kier alpha value is -5.76. The Kier molecular flexibility index (Phi) is 10.7. The van der Waals surface area contributed by atoms with E-state index >= 15 is 0 Å². The van der Waals surface area contributed by atoms with Gasteiger partial charge in [0.25, 0.3) is 5.91 Å². The maximum absolute atomic E-state index is 13.8. The first-order valence-electron chi connectivity index (χ1n) is 19.4. The fourth-order valence-electron chi connectivity index (χ4n) is 8.36. The number of benzene rings is 4. The third kappa shape index (κ3) is 7.82. The molecule has 4 N–H and O–H groups in total. The van der Waals surface area contributed by atoms with Crippen LogP contribution in [-0.4, -0.2) is 81.3 Å². The predicted octanol–water partition coefficient (Wildman–Crippen LogP) is 4.97. The van der Waals surface area contributed by atoms with Crippen molar-refractivity contribution in [3.63, 3.8) is 0 Å². The number of imide groups is 1. The van der Waals surface area contributed by atoms with Crippen molar-refractivity contribution in [2.75, 3.05) is 66.9 Å². The Labute approximate surface area is 336 Å². The molecule has 0 bridgehead atoms. The molecule has 294 valence electrons. The molecule has 5 amide bonds. The number of rotatable bonds is 9. The maximum Gasteiger partial charge on any atom is 0.251 e. The summed E-state index contributed by atoms with van der Waals surface area (Å²) >= 11 is 6.73. The number of hydrogen-bond acceptors (Lipinski definition) is 9. The van der Waals surface area contributed by atoms with Crippen LogP contribution in [0.2, 0.25) is 5.02 Å². The lowest BCUT2D eigenvalue weighted by atomic mass is 9.90. The van der Waals surface area contributed by atoms with Crippen molar-refractivity contribution in [1.82, 2.24) is 21.0 Å². The highest BCUT2D eigenvalue weighted by Gasteiger charge is 2.33. The second-order valence-corrected chi connectivity index (χ2v) is 15.4. The van der Waals surface area contributed by atoms with Gasteiger partial charge in [0, 0.05) is 99.4 Å². The van der Waals surface area contributed by atoms with E-state index in [2.05, 4.69) is 55.4 Å². The summed E-state index contributed by atoms with van der Waals surface area (Å²) in [5, 5.41) is 10.4. The number of carbonyl (C=O) groups is 5. The third-order valence-electron chi connectivity index (χ3n) is 11.4. The monoisotopic (exact) mass is 788 g/mol. The molecule has 0 aliphatic carbocycles. The summed E-state index contributed by atoms with van der Waals surface area (Å²) in [5.74, 6) is -1.35. The number of piperazine rings is 1. The van der Waals surface area contributed by atoms with Gasteiger partial charge in [-0.15, -0.1) is 0 Å². The number of fused-ring (bicyclic) bond motifs is 1. The molecule has 4 aromatic carbocycles. The van der Waals surface area contributed by atoms with E-state index in [-0.39, 0.29) is 29.5 Å². The molecule has 8 rings (SSSR count). The average molecular weight is 789 g/mol. The van der Waals surface area contributed by atoms with Gasteiger partial charge >= 0.3 is 0 Å². The van der Waals surface area contributed by atoms with E-state index in [1.807, 2.05) is 47.3 Å². The van der Waals surface area contributed by atoms with Gasteiger partial charge in [0.1, 0.15) is 6.04 Å². The molecule has 3 saturated heterocycles. The fraction of sp³-hybridized carbons (Fsp3) is 0.326. The quantitative estimate of drug-likeness (QED) is 0.173. The normalized spacial score (nSPS) is 19.8. The van der Waals surface area contributed by atoms with E-state index in [0.717, 1.165) is 77.5 Å². The largest absolute Gasteiger partial charge is 0.369 e. The zero-order valence-electron chi connectivity index (χ0n) is 31.9. The second-order valence-electron chi connectivity index (χ2n) is 15.0. The molecule has 4 aliphatic heterocycles. The number of amides is 5. The van der Waals surface area contributed by atoms with Crippen molar-refractivity contribution < 1.29 is 24.0 Å². The van der Waals surface area contributed by atoms with Crippen molar-refractivity contribution in [2.45, 2.75) is 44.2 Å². The van der Waals surface area contributed by atoms with Crippen LogP contribution < -0.4 is 36.2 Å². The van der Waals surface area contributed by atoms with Crippen molar-refractivity contribution in [3.8, 4) is 11.1 Å². The summed E-state index contributed by atoms with van der Waals surface area (Å²) in [6, 6.07) is 24.4. The molecule has 0 radical (unpaired) electrons. The van der Waals surface area contributed by atoms with Gasteiger partial charge in [-0.1, -0.05) is 35.9 Å². The first-order valence-corrected chi connectivity index (χ1v) is 19.7. The molecule has 4 aliphatic rings. The summed E-state index contributed by atoms with van der Waals surface area (Å²) in [4.78, 5) is 69.5. The number of nitrogens with one attached hydrogen (secondary N) is 4. The molecule has 0 saturated carbocycles. The zero-order chi connectivity index (χ0) is 39.8. The standard InChI is InChI=1S/C43H45ClN8O5/c1-45-41(55)27-5-3-6-29(21-27)46-43(57)40-35-23-26(8-14-37(35)49(2)48-40)32-11-10-31(52-16-4-7-39(52)54)22-28(32)25-50-17-19-51(20-18-50)30-9-12-33(36(44)24-30)34-13-15-38(53)47-42(34)56/h3,5-6,8-12,14,21-24,34,40,48H,4,7,13,15-20,25H2,1-2H3,(H,45,55)(H,46,57)(H,47,53,56). The van der Waals surface area contributed by atoms with Crippen molar-refractivity contribution in [3.05, 3.63) is 106 Å². The lowest BCUT2D eigenvalue weighted by Crippen LogP contribution is -2.46. The highest BCUT2D eigenvalue weighted by molar-refractivity contribution is 6.32. The van der Waals surface area contributed by atoms with E-state index in [1.54, 1.807) is 31.3 Å². The van der Waals surface area contributed by atoms with Crippen molar-refractivity contribution >= 4 is 63.9 Å². The van der Waals surface area contributed by atoms with E-state index in [0.29, 0.717) is 48.6 Å². The van der Waals surface area contributed by atoms with E-state index in [4.69, 9.17) is 11.6 Å². The molecule has 2 atom stereocenters. The van der Waals surface area contributed by atoms with Gasteiger partial charge in [0.2, 0.25) is 23.6 Å². The number of hydrogen-bond donors (Lipinski definition) is 4. The average Bonchev–Trinajstić information content (AvgIpc) is 3.80. The molecule has 57 heavy (non-hydrogen) atoms. The first kappa shape index (κ1) is 38.1. The lowest BCUT2D eigenvalue weighted by Gasteiger charge is -2.37. The van der Waals surface area contributed by atoms with Gasteiger partial charge in [-0.2, -0.15) is 0 Å². The Bertz CT molecular complexity index is 2270. The van der Waals surface area contributed by atoms with Crippen molar-refractivity contribution in [1.29, 1.82) is 0 Å². The van der Waals surface area contributed by atoms with Crippen LogP contribution in [0.15, 0.2) is 78.9 Å². The van der Waals surface area contributed by atoms with Crippen LogP contribution in [0.5, 0.6) is 0 Å². The van der Waals surface area contributed by atoms with Crippen molar-refractivity contribution in [2.24, 2.45) is 0 Å². The van der Waals surface area contributed by atoms with Crippen LogP contribution >= 0.6 is 11.6 Å². The summed E-state index contributed by atoms with van der Waals surface area (Å²) < 4.78 is 0. The molecule has 13 nitrogen and oxygen atoms in total. The predicted molar refractivity (Wildman–Crippen MR) is 220 cm³/mol. The van der Waals surface area contributed by atoms with E-state index < -0.39 is 12.0 Å². The minimum absolute atomic E-state index is 0.131. The molecule has 3 fully saturated rings. The molecule has 0 spiro atoms. The molecule has 4 aromatic rings. The minimum atomic E-state index is -0.668. The van der Waals surface area contributed by atoms with Crippen LogP contribution in [0.25, 0.3) is 11.1 Å². The molecular formula is C43H45ClN8O5. The number of nitrogens with zero attached hydrogens (tertiary/aromatic N) is 4. The SMILES string of the molecule is CNC(=O)c1cccc(NC(=O)C2NN(C)c3ccc(-c4ccc(N5CCCC5=O)cc4CN4CCN(c5ccc(C6CCC(=O)NC6=O)c(Cl)c5)CC4)cc32)c1. The topological polar surface area (TPSA) is 146 Å².